The molecule has 10 nitrogen and oxygen atoms in total. The van der Waals surface area contributed by atoms with Gasteiger partial charge in [0.1, 0.15) is 11.6 Å². The van der Waals surface area contributed by atoms with Crippen molar-refractivity contribution in [3.8, 4) is 0 Å². The van der Waals surface area contributed by atoms with Crippen LogP contribution in [0.1, 0.15) is 24.2 Å². The molecule has 0 fully saturated rings. The van der Waals surface area contributed by atoms with Crippen LogP contribution in [0.2, 0.25) is 5.02 Å². The second-order valence-electron chi connectivity index (χ2n) is 5.43. The molecule has 144 valence electrons. The summed E-state index contributed by atoms with van der Waals surface area (Å²) in [5.74, 6) is -1.54. The van der Waals surface area contributed by atoms with E-state index in [0.29, 0.717) is 0 Å². The Morgan fingerprint density at radius 2 is 2.00 bits per heavy atom. The minimum absolute atomic E-state index is 0.0708. The highest BCUT2D eigenvalue weighted by Crippen LogP contribution is 2.25. The Morgan fingerprint density at radius 1 is 1.30 bits per heavy atom. The summed E-state index contributed by atoms with van der Waals surface area (Å²) in [6.45, 7) is 2.91. The highest BCUT2D eigenvalue weighted by atomic mass is 35.5. The van der Waals surface area contributed by atoms with Gasteiger partial charge in [-0.2, -0.15) is 0 Å². The number of rotatable bonds is 6. The Hall–Kier alpha value is -3.14. The normalized spacial score (nSPS) is 16.3. The molecule has 1 heterocycles. The number of nitrogens with zero attached hydrogens (tertiary/aromatic N) is 1. The summed E-state index contributed by atoms with van der Waals surface area (Å²) in [7, 11) is 0. The van der Waals surface area contributed by atoms with Crippen molar-refractivity contribution < 1.29 is 28.8 Å². The zero-order valence-electron chi connectivity index (χ0n) is 14.4. The van der Waals surface area contributed by atoms with Crippen LogP contribution in [0, 0.1) is 10.1 Å². The Morgan fingerprint density at radius 3 is 2.63 bits per heavy atom. The Kier molecular flexibility index (Phi) is 6.35. The van der Waals surface area contributed by atoms with E-state index in [1.165, 1.54) is 12.1 Å². The van der Waals surface area contributed by atoms with Gasteiger partial charge < -0.3 is 20.1 Å². The predicted molar refractivity (Wildman–Crippen MR) is 93.2 cm³/mol. The molecule has 2 amide bonds. The second-order valence-corrected chi connectivity index (χ2v) is 5.84. The van der Waals surface area contributed by atoms with Crippen LogP contribution in [-0.2, 0) is 14.3 Å². The number of carbonyl (C=O) groups is 3. The third-order valence-electron chi connectivity index (χ3n) is 3.59. The van der Waals surface area contributed by atoms with Gasteiger partial charge in [0.2, 0.25) is 0 Å². The van der Waals surface area contributed by atoms with Crippen LogP contribution in [-0.4, -0.2) is 42.1 Å². The third-order valence-corrected chi connectivity index (χ3v) is 3.91. The Bertz CT molecular complexity index is 837. The van der Waals surface area contributed by atoms with E-state index in [-0.39, 0.29) is 28.5 Å². The van der Waals surface area contributed by atoms with E-state index in [4.69, 9.17) is 21.1 Å². The van der Waals surface area contributed by atoms with Crippen molar-refractivity contribution in [2.45, 2.75) is 19.9 Å². The van der Waals surface area contributed by atoms with Crippen molar-refractivity contribution in [1.82, 2.24) is 10.6 Å². The van der Waals surface area contributed by atoms with E-state index in [2.05, 4.69) is 10.6 Å². The molecule has 0 spiro atoms. The molecule has 1 aromatic carbocycles. The molecule has 27 heavy (non-hydrogen) atoms. The van der Waals surface area contributed by atoms with Crippen molar-refractivity contribution in [3.05, 3.63) is 50.2 Å². The fourth-order valence-corrected chi connectivity index (χ4v) is 2.58. The van der Waals surface area contributed by atoms with Crippen LogP contribution < -0.4 is 10.6 Å². The van der Waals surface area contributed by atoms with Gasteiger partial charge in [0.25, 0.3) is 5.69 Å². The molecule has 1 aliphatic rings. The summed E-state index contributed by atoms with van der Waals surface area (Å²) >= 11 is 5.70. The second kappa shape index (κ2) is 8.49. The first-order chi connectivity index (χ1) is 12.7. The van der Waals surface area contributed by atoms with Crippen LogP contribution in [0.25, 0.3) is 0 Å². The number of hydrogen-bond donors (Lipinski definition) is 2. The maximum absolute atomic E-state index is 12.2. The number of halogens is 1. The number of nitrogens with one attached hydrogen (secondary N) is 2. The number of esters is 2. The highest BCUT2D eigenvalue weighted by molar-refractivity contribution is 6.32. The smallest absolute Gasteiger partial charge is 0.338 e. The zero-order chi connectivity index (χ0) is 20.1. The largest absolute Gasteiger partial charge is 0.463 e. The van der Waals surface area contributed by atoms with Gasteiger partial charge in [0.05, 0.1) is 34.4 Å². The molecule has 0 aliphatic carbocycles. The first kappa shape index (κ1) is 20.2. The lowest BCUT2D eigenvalue weighted by molar-refractivity contribution is -0.384. The van der Waals surface area contributed by atoms with E-state index in [9.17, 15) is 24.5 Å². The molecule has 2 rings (SSSR count). The monoisotopic (exact) mass is 397 g/mol. The molecule has 0 bridgehead atoms. The number of urea groups is 1. The molecule has 0 unspecified atom stereocenters. The topological polar surface area (TPSA) is 137 Å². The standard InChI is InChI=1S/C16H16ClN3O7/c1-3-26-15(22)13-8(2)18-16(23)19-11(13)7-27-14(21)9-4-5-10(17)12(6-9)20(24)25/h4-6,8H,3,7H2,1-2H3,(H2,18,19,23)/t8-/m1/s1. The number of nitro benzene ring substituents is 1. The number of carbonyl (C=O) groups excluding carboxylic acids is 3. The lowest BCUT2D eigenvalue weighted by Crippen LogP contribution is -2.50. The maximum Gasteiger partial charge on any atom is 0.338 e. The van der Waals surface area contributed by atoms with Gasteiger partial charge in [-0.15, -0.1) is 0 Å². The van der Waals surface area contributed by atoms with Crippen LogP contribution in [0.15, 0.2) is 29.5 Å². The summed E-state index contributed by atoms with van der Waals surface area (Å²) in [5, 5.41) is 15.7. The fraction of sp³-hybridized carbons (Fsp3) is 0.312. The molecule has 0 radical (unpaired) electrons. The fourth-order valence-electron chi connectivity index (χ4n) is 2.39. The van der Waals surface area contributed by atoms with Crippen LogP contribution in [0.5, 0.6) is 0 Å². The summed E-state index contributed by atoms with van der Waals surface area (Å²) in [6.07, 6.45) is 0. The van der Waals surface area contributed by atoms with Crippen LogP contribution in [0.4, 0.5) is 10.5 Å². The van der Waals surface area contributed by atoms with E-state index in [0.717, 1.165) is 6.07 Å². The lowest BCUT2D eigenvalue weighted by Gasteiger charge is -2.26. The number of nitro groups is 1. The number of hydrogen-bond acceptors (Lipinski definition) is 7. The summed E-state index contributed by atoms with van der Waals surface area (Å²) in [4.78, 5) is 46.1. The van der Waals surface area contributed by atoms with Gasteiger partial charge in [-0.3, -0.25) is 10.1 Å². The number of amides is 2. The molecule has 1 atom stereocenters. The molecular formula is C16H16ClN3O7. The molecule has 1 aliphatic heterocycles. The van der Waals surface area contributed by atoms with Gasteiger partial charge in [-0.25, -0.2) is 14.4 Å². The summed E-state index contributed by atoms with van der Waals surface area (Å²) in [5.41, 5.74) is -0.355. The van der Waals surface area contributed by atoms with Crippen molar-refractivity contribution >= 4 is 35.3 Å². The van der Waals surface area contributed by atoms with Crippen molar-refractivity contribution in [3.63, 3.8) is 0 Å². The van der Waals surface area contributed by atoms with Gasteiger partial charge in [-0.05, 0) is 26.0 Å². The zero-order valence-corrected chi connectivity index (χ0v) is 15.2. The molecule has 0 saturated heterocycles. The average Bonchev–Trinajstić information content (AvgIpc) is 2.59. The average molecular weight is 398 g/mol. The van der Waals surface area contributed by atoms with E-state index >= 15 is 0 Å². The molecule has 0 aromatic heterocycles. The summed E-state index contributed by atoms with van der Waals surface area (Å²) in [6, 6.07) is 2.23. The van der Waals surface area contributed by atoms with Gasteiger partial charge in [-0.1, -0.05) is 11.6 Å². The van der Waals surface area contributed by atoms with Gasteiger partial charge in [0.15, 0.2) is 0 Å². The molecule has 2 N–H and O–H groups in total. The molecule has 11 heteroatoms. The van der Waals surface area contributed by atoms with Crippen molar-refractivity contribution in [2.75, 3.05) is 13.2 Å². The van der Waals surface area contributed by atoms with E-state index in [1.54, 1.807) is 13.8 Å². The van der Waals surface area contributed by atoms with E-state index in [1.807, 2.05) is 0 Å². The minimum atomic E-state index is -0.883. The SMILES string of the molecule is CCOC(=O)C1=C(COC(=O)c2ccc(Cl)c([N+](=O)[O-])c2)NC(=O)N[C@@H]1C. The van der Waals surface area contributed by atoms with Crippen LogP contribution >= 0.6 is 11.6 Å². The third kappa shape index (κ3) is 4.73. The molecular weight excluding hydrogens is 382 g/mol. The van der Waals surface area contributed by atoms with Crippen molar-refractivity contribution in [1.29, 1.82) is 0 Å². The highest BCUT2D eigenvalue weighted by Gasteiger charge is 2.30. The number of ether oxygens (including phenoxy) is 2. The van der Waals surface area contributed by atoms with Gasteiger partial charge >= 0.3 is 18.0 Å². The van der Waals surface area contributed by atoms with Crippen LogP contribution in [0.3, 0.4) is 0 Å². The van der Waals surface area contributed by atoms with Crippen molar-refractivity contribution in [2.24, 2.45) is 0 Å². The minimum Gasteiger partial charge on any atom is -0.463 e. The first-order valence-electron chi connectivity index (χ1n) is 7.83. The predicted octanol–water partition coefficient (Wildman–Crippen LogP) is 1.92. The summed E-state index contributed by atoms with van der Waals surface area (Å²) < 4.78 is 10.0. The van der Waals surface area contributed by atoms with Gasteiger partial charge in [0, 0.05) is 6.07 Å². The first-order valence-corrected chi connectivity index (χ1v) is 8.21. The maximum atomic E-state index is 12.2. The quantitative estimate of drug-likeness (QED) is 0.425. The van der Waals surface area contributed by atoms with E-state index < -0.39 is 41.2 Å². The number of benzene rings is 1. The Labute approximate surface area is 158 Å². The molecule has 1 aromatic rings. The molecule has 0 saturated carbocycles. The lowest BCUT2D eigenvalue weighted by atomic mass is 10.0. The Balaban J connectivity index is 2.21.